The van der Waals surface area contributed by atoms with Crippen molar-refractivity contribution in [3.63, 3.8) is 0 Å². The number of carboxylic acid groups (broad SMARTS) is 1. The molecule has 1 aliphatic carbocycles. The number of nitrogens with two attached hydrogens (primary N) is 1. The number of fused-ring (bicyclic) bond motifs is 1. The molecule has 0 saturated carbocycles. The Morgan fingerprint density at radius 3 is 2.40 bits per heavy atom. The van der Waals surface area contributed by atoms with Gasteiger partial charge in [-0.2, -0.15) is 0 Å². The van der Waals surface area contributed by atoms with Crippen molar-refractivity contribution in [1.29, 1.82) is 0 Å². The Hall–Kier alpha value is -3.31. The maximum absolute atomic E-state index is 11.5. The van der Waals surface area contributed by atoms with E-state index in [2.05, 4.69) is 35.2 Å². The predicted octanol–water partition coefficient (Wildman–Crippen LogP) is 4.48. The van der Waals surface area contributed by atoms with Crippen LogP contribution in [0.1, 0.15) is 17.5 Å². The lowest BCUT2D eigenvalue weighted by atomic mass is 9.78. The van der Waals surface area contributed by atoms with E-state index in [1.807, 2.05) is 50.5 Å². The van der Waals surface area contributed by atoms with Crippen molar-refractivity contribution in [3.05, 3.63) is 77.9 Å². The number of carbonyl (C=O) groups is 1. The Kier molecular flexibility index (Phi) is 5.22. The average Bonchev–Trinajstić information content (AvgIpc) is 2.73. The van der Waals surface area contributed by atoms with E-state index in [0.29, 0.717) is 25.0 Å². The molecule has 0 fully saturated rings. The molecule has 0 spiro atoms. The molecule has 5 nitrogen and oxygen atoms in total. The molecule has 154 valence electrons. The van der Waals surface area contributed by atoms with Crippen molar-refractivity contribution in [2.45, 2.75) is 24.8 Å². The van der Waals surface area contributed by atoms with Gasteiger partial charge in [-0.3, -0.25) is 4.79 Å². The van der Waals surface area contributed by atoms with Crippen LogP contribution in [0.25, 0.3) is 11.1 Å². The monoisotopic (exact) mass is 402 g/mol. The maximum atomic E-state index is 11.5. The minimum absolute atomic E-state index is 0.313. The first kappa shape index (κ1) is 20.0. The third kappa shape index (κ3) is 4.02. The van der Waals surface area contributed by atoms with Crippen LogP contribution >= 0.6 is 0 Å². The minimum atomic E-state index is -1.20. The van der Waals surface area contributed by atoms with Crippen LogP contribution < -0.4 is 15.4 Å². The molecule has 4 rings (SSSR count). The van der Waals surface area contributed by atoms with E-state index in [-0.39, 0.29) is 0 Å². The van der Waals surface area contributed by atoms with Gasteiger partial charge in [-0.05, 0) is 71.5 Å². The summed E-state index contributed by atoms with van der Waals surface area (Å²) in [4.78, 5) is 13.6. The van der Waals surface area contributed by atoms with Gasteiger partial charge in [0.1, 0.15) is 17.0 Å². The van der Waals surface area contributed by atoms with Crippen LogP contribution in [0.2, 0.25) is 0 Å². The highest BCUT2D eigenvalue weighted by Crippen LogP contribution is 2.33. The zero-order chi connectivity index (χ0) is 21.3. The van der Waals surface area contributed by atoms with Gasteiger partial charge in [0.05, 0.1) is 0 Å². The minimum Gasteiger partial charge on any atom is -0.480 e. The first-order valence-electron chi connectivity index (χ1n) is 10.0. The molecule has 5 heteroatoms. The van der Waals surface area contributed by atoms with Crippen LogP contribution in [0.3, 0.4) is 0 Å². The molecular formula is C25H26N2O3. The molecule has 3 aromatic carbocycles. The lowest BCUT2D eigenvalue weighted by Crippen LogP contribution is -2.52. The fourth-order valence-electron chi connectivity index (χ4n) is 3.87. The van der Waals surface area contributed by atoms with Gasteiger partial charge in [-0.1, -0.05) is 30.3 Å². The van der Waals surface area contributed by atoms with Crippen LogP contribution in [0, 0.1) is 0 Å². The molecule has 1 aliphatic rings. The van der Waals surface area contributed by atoms with Crippen LogP contribution in [-0.2, 0) is 17.6 Å². The Bertz CT molecular complexity index is 1080. The Balaban J connectivity index is 1.56. The molecule has 0 aliphatic heterocycles. The van der Waals surface area contributed by atoms with Gasteiger partial charge in [-0.15, -0.1) is 0 Å². The first-order chi connectivity index (χ1) is 14.3. The fourth-order valence-corrected chi connectivity index (χ4v) is 3.87. The number of rotatable bonds is 5. The third-order valence-electron chi connectivity index (χ3n) is 5.74. The maximum Gasteiger partial charge on any atom is 0.324 e. The lowest BCUT2D eigenvalue weighted by Gasteiger charge is -2.31. The second-order valence-electron chi connectivity index (χ2n) is 8.14. The number of anilines is 1. The second-order valence-corrected chi connectivity index (χ2v) is 8.14. The molecule has 0 radical (unpaired) electrons. The Labute approximate surface area is 176 Å². The summed E-state index contributed by atoms with van der Waals surface area (Å²) in [7, 11) is 4.04. The molecule has 0 aromatic heterocycles. The lowest BCUT2D eigenvalue weighted by molar-refractivity contribution is -0.143. The number of ether oxygens (including phenoxy) is 1. The van der Waals surface area contributed by atoms with E-state index < -0.39 is 11.5 Å². The molecule has 1 unspecified atom stereocenters. The molecular weight excluding hydrogens is 376 g/mol. The van der Waals surface area contributed by atoms with Gasteiger partial charge in [0.2, 0.25) is 0 Å². The number of carboxylic acids is 1. The van der Waals surface area contributed by atoms with Crippen molar-refractivity contribution in [2.75, 3.05) is 19.0 Å². The van der Waals surface area contributed by atoms with Gasteiger partial charge >= 0.3 is 5.97 Å². The molecule has 3 N–H and O–H groups in total. The van der Waals surface area contributed by atoms with E-state index in [1.165, 1.54) is 0 Å². The van der Waals surface area contributed by atoms with E-state index >= 15 is 0 Å². The van der Waals surface area contributed by atoms with Gasteiger partial charge in [0.15, 0.2) is 0 Å². The quantitative estimate of drug-likeness (QED) is 0.658. The fraction of sp³-hybridized carbons (Fsp3) is 0.240. The highest BCUT2D eigenvalue weighted by atomic mass is 16.5. The van der Waals surface area contributed by atoms with Gasteiger partial charge < -0.3 is 20.5 Å². The molecule has 0 saturated heterocycles. The molecule has 3 aromatic rings. The summed E-state index contributed by atoms with van der Waals surface area (Å²) >= 11 is 0. The van der Waals surface area contributed by atoms with Crippen LogP contribution in [0.4, 0.5) is 5.69 Å². The summed E-state index contributed by atoms with van der Waals surface area (Å²) in [5, 5.41) is 9.45. The summed E-state index contributed by atoms with van der Waals surface area (Å²) in [6.45, 7) is 0. The Morgan fingerprint density at radius 1 is 0.967 bits per heavy atom. The molecule has 0 bridgehead atoms. The van der Waals surface area contributed by atoms with Crippen LogP contribution in [0.5, 0.6) is 11.5 Å². The number of benzene rings is 3. The van der Waals surface area contributed by atoms with Crippen molar-refractivity contribution >= 4 is 11.7 Å². The third-order valence-corrected chi connectivity index (χ3v) is 5.74. The van der Waals surface area contributed by atoms with Crippen molar-refractivity contribution in [1.82, 2.24) is 0 Å². The van der Waals surface area contributed by atoms with E-state index in [9.17, 15) is 9.90 Å². The highest BCUT2D eigenvalue weighted by molar-refractivity contribution is 5.79. The number of aryl methyl sites for hydroxylation is 1. The summed E-state index contributed by atoms with van der Waals surface area (Å²) < 4.78 is 6.10. The summed E-state index contributed by atoms with van der Waals surface area (Å²) in [5.41, 5.74) is 10.3. The number of hydrogen-bond acceptors (Lipinski definition) is 4. The number of aliphatic carboxylic acids is 1. The van der Waals surface area contributed by atoms with E-state index in [0.717, 1.165) is 33.7 Å². The predicted molar refractivity (Wildman–Crippen MR) is 119 cm³/mol. The van der Waals surface area contributed by atoms with Gasteiger partial charge in [0, 0.05) is 26.2 Å². The van der Waals surface area contributed by atoms with Crippen LogP contribution in [-0.4, -0.2) is 30.7 Å². The largest absolute Gasteiger partial charge is 0.480 e. The smallest absolute Gasteiger partial charge is 0.324 e. The molecule has 0 amide bonds. The number of nitrogens with zero attached hydrogens (tertiary/aromatic N) is 1. The van der Waals surface area contributed by atoms with Crippen molar-refractivity contribution in [2.24, 2.45) is 5.73 Å². The SMILES string of the molecule is CN(C)c1ccc(-c2cccc(Oc3ccc4c(c3)CC(N)(C(=O)O)CC4)c2)cc1. The number of hydrogen-bond donors (Lipinski definition) is 2. The van der Waals surface area contributed by atoms with Crippen LogP contribution in [0.15, 0.2) is 66.7 Å². The summed E-state index contributed by atoms with van der Waals surface area (Å²) in [6, 6.07) is 22.2. The molecule has 0 heterocycles. The topological polar surface area (TPSA) is 75.8 Å². The zero-order valence-corrected chi connectivity index (χ0v) is 17.3. The van der Waals surface area contributed by atoms with Gasteiger partial charge in [-0.25, -0.2) is 0 Å². The second kappa shape index (κ2) is 7.84. The van der Waals surface area contributed by atoms with Gasteiger partial charge in [0.25, 0.3) is 0 Å². The standard InChI is InChI=1S/C25H26N2O3/c1-27(2)21-9-6-17(7-10-21)19-4-3-5-22(14-19)30-23-11-8-18-12-13-25(26,24(28)29)16-20(18)15-23/h3-11,14-15H,12-13,16,26H2,1-2H3,(H,28,29). The van der Waals surface area contributed by atoms with Crippen molar-refractivity contribution in [3.8, 4) is 22.6 Å². The van der Waals surface area contributed by atoms with E-state index in [1.54, 1.807) is 0 Å². The molecule has 30 heavy (non-hydrogen) atoms. The first-order valence-corrected chi connectivity index (χ1v) is 10.0. The van der Waals surface area contributed by atoms with Crippen molar-refractivity contribution < 1.29 is 14.6 Å². The summed E-state index contributed by atoms with van der Waals surface area (Å²) in [6.07, 6.45) is 1.42. The summed E-state index contributed by atoms with van der Waals surface area (Å²) in [5.74, 6) is 0.466. The molecule has 1 atom stereocenters. The highest BCUT2D eigenvalue weighted by Gasteiger charge is 2.37. The Morgan fingerprint density at radius 2 is 1.70 bits per heavy atom. The van der Waals surface area contributed by atoms with E-state index in [4.69, 9.17) is 10.5 Å². The average molecular weight is 402 g/mol. The zero-order valence-electron chi connectivity index (χ0n) is 17.3. The normalized spacial score (nSPS) is 17.8.